The largest absolute Gasteiger partial charge is 0.384 e. The van der Waals surface area contributed by atoms with Crippen molar-refractivity contribution in [2.24, 2.45) is 0 Å². The predicted molar refractivity (Wildman–Crippen MR) is 81.2 cm³/mol. The van der Waals surface area contributed by atoms with Crippen molar-refractivity contribution >= 4 is 11.6 Å². The Labute approximate surface area is 123 Å². The van der Waals surface area contributed by atoms with Crippen LogP contribution in [-0.4, -0.2) is 27.8 Å². The maximum atomic E-state index is 12.4. The minimum Gasteiger partial charge on any atom is -0.384 e. The minimum absolute atomic E-state index is 0.241. The van der Waals surface area contributed by atoms with Gasteiger partial charge in [-0.2, -0.15) is 5.10 Å². The number of carbonyl (C=O) groups is 1. The number of nitrogens with one attached hydrogen (secondary N) is 2. The number of hydrogen-bond donors (Lipinski definition) is 3. The number of amides is 1. The molecule has 5 heteroatoms. The quantitative estimate of drug-likeness (QED) is 0.737. The number of nitrogens with zero attached hydrogens (tertiary/aromatic N) is 1. The number of aliphatic hydroxyl groups excluding tert-OH is 1. The molecule has 0 aliphatic rings. The van der Waals surface area contributed by atoms with Crippen molar-refractivity contribution in [3.05, 3.63) is 46.3 Å². The number of aryl methyl sites for hydroxylation is 3. The molecule has 0 saturated heterocycles. The lowest BCUT2D eigenvalue weighted by atomic mass is 10.0. The SMILES string of the molecule is Cc1ccc(C(=O)Nc2c(C)n[nH]c2C)c(C#CCO)c1. The first-order chi connectivity index (χ1) is 10.0. The zero-order valence-corrected chi connectivity index (χ0v) is 12.2. The summed E-state index contributed by atoms with van der Waals surface area (Å²) in [6, 6.07) is 5.41. The monoisotopic (exact) mass is 283 g/mol. The van der Waals surface area contributed by atoms with E-state index in [1.165, 1.54) is 0 Å². The molecule has 2 aromatic rings. The summed E-state index contributed by atoms with van der Waals surface area (Å²) in [4.78, 5) is 12.4. The second-order valence-corrected chi connectivity index (χ2v) is 4.77. The Balaban J connectivity index is 2.35. The van der Waals surface area contributed by atoms with Crippen LogP contribution < -0.4 is 5.32 Å². The van der Waals surface area contributed by atoms with Gasteiger partial charge in [-0.1, -0.05) is 17.9 Å². The molecule has 0 radical (unpaired) electrons. The number of aliphatic hydroxyl groups is 1. The Morgan fingerprint density at radius 3 is 2.76 bits per heavy atom. The van der Waals surface area contributed by atoms with E-state index < -0.39 is 0 Å². The first kappa shape index (κ1) is 14.8. The molecule has 108 valence electrons. The standard InChI is InChI=1S/C16H17N3O2/c1-10-6-7-14(13(9-10)5-4-8-20)16(21)17-15-11(2)18-19-12(15)3/h6-7,9,20H,8H2,1-3H3,(H,17,21)(H,18,19). The predicted octanol–water partition coefficient (Wildman–Crippen LogP) is 1.93. The van der Waals surface area contributed by atoms with E-state index in [2.05, 4.69) is 27.4 Å². The summed E-state index contributed by atoms with van der Waals surface area (Å²) < 4.78 is 0. The average molecular weight is 283 g/mol. The Hall–Kier alpha value is -2.58. The molecule has 0 unspecified atom stereocenters. The van der Waals surface area contributed by atoms with Crippen molar-refractivity contribution in [1.82, 2.24) is 10.2 Å². The van der Waals surface area contributed by atoms with E-state index in [1.807, 2.05) is 32.9 Å². The number of aromatic amines is 1. The van der Waals surface area contributed by atoms with Gasteiger partial charge in [0.25, 0.3) is 5.91 Å². The lowest BCUT2D eigenvalue weighted by molar-refractivity contribution is 0.102. The summed E-state index contributed by atoms with van der Waals surface area (Å²) >= 11 is 0. The van der Waals surface area contributed by atoms with Crippen molar-refractivity contribution < 1.29 is 9.90 Å². The second kappa shape index (κ2) is 6.25. The molecule has 0 atom stereocenters. The van der Waals surface area contributed by atoms with Crippen LogP contribution in [0, 0.1) is 32.6 Å². The maximum absolute atomic E-state index is 12.4. The van der Waals surface area contributed by atoms with Gasteiger partial charge in [0.2, 0.25) is 0 Å². The Bertz CT molecular complexity index is 716. The number of hydrogen-bond acceptors (Lipinski definition) is 3. The fraction of sp³-hybridized carbons (Fsp3) is 0.250. The Morgan fingerprint density at radius 2 is 2.14 bits per heavy atom. The fourth-order valence-corrected chi connectivity index (χ4v) is 2.01. The van der Waals surface area contributed by atoms with Crippen LogP contribution in [0.3, 0.4) is 0 Å². The number of rotatable bonds is 2. The van der Waals surface area contributed by atoms with Crippen molar-refractivity contribution in [2.75, 3.05) is 11.9 Å². The zero-order chi connectivity index (χ0) is 15.4. The molecule has 1 heterocycles. The van der Waals surface area contributed by atoms with Gasteiger partial charge in [-0.05, 0) is 38.5 Å². The minimum atomic E-state index is -0.246. The van der Waals surface area contributed by atoms with Crippen molar-refractivity contribution in [1.29, 1.82) is 0 Å². The number of benzene rings is 1. The van der Waals surface area contributed by atoms with Gasteiger partial charge in [0, 0.05) is 5.56 Å². The molecule has 21 heavy (non-hydrogen) atoms. The summed E-state index contributed by atoms with van der Waals surface area (Å²) in [6.07, 6.45) is 0. The van der Waals surface area contributed by atoms with E-state index in [-0.39, 0.29) is 12.5 Å². The molecule has 0 aliphatic carbocycles. The first-order valence-electron chi connectivity index (χ1n) is 6.56. The van der Waals surface area contributed by atoms with E-state index in [1.54, 1.807) is 6.07 Å². The molecule has 0 aliphatic heterocycles. The molecule has 3 N–H and O–H groups in total. The second-order valence-electron chi connectivity index (χ2n) is 4.77. The van der Waals surface area contributed by atoms with E-state index >= 15 is 0 Å². The molecule has 1 aromatic carbocycles. The van der Waals surface area contributed by atoms with Crippen LogP contribution in [0.15, 0.2) is 18.2 Å². The molecule has 0 fully saturated rings. The van der Waals surface area contributed by atoms with Crippen molar-refractivity contribution in [3.8, 4) is 11.8 Å². The molecule has 0 bridgehead atoms. The lowest BCUT2D eigenvalue weighted by Gasteiger charge is -2.08. The maximum Gasteiger partial charge on any atom is 0.257 e. The highest BCUT2D eigenvalue weighted by Crippen LogP contribution is 2.19. The van der Waals surface area contributed by atoms with Crippen LogP contribution in [0.25, 0.3) is 0 Å². The van der Waals surface area contributed by atoms with Crippen molar-refractivity contribution in [2.45, 2.75) is 20.8 Å². The van der Waals surface area contributed by atoms with Gasteiger partial charge in [-0.3, -0.25) is 9.89 Å². The molecule has 0 spiro atoms. The van der Waals surface area contributed by atoms with E-state index in [0.717, 1.165) is 17.0 Å². The van der Waals surface area contributed by atoms with Gasteiger partial charge in [-0.25, -0.2) is 0 Å². The molecule has 1 aromatic heterocycles. The Morgan fingerprint density at radius 1 is 1.38 bits per heavy atom. The van der Waals surface area contributed by atoms with Gasteiger partial charge in [0.05, 0.1) is 22.6 Å². The zero-order valence-electron chi connectivity index (χ0n) is 12.2. The van der Waals surface area contributed by atoms with Crippen LogP contribution in [0.4, 0.5) is 5.69 Å². The highest BCUT2D eigenvalue weighted by molar-refractivity contribution is 6.06. The highest BCUT2D eigenvalue weighted by Gasteiger charge is 2.14. The Kier molecular flexibility index (Phi) is 4.41. The van der Waals surface area contributed by atoms with Crippen molar-refractivity contribution in [3.63, 3.8) is 0 Å². The van der Waals surface area contributed by atoms with Crippen LogP contribution >= 0.6 is 0 Å². The summed E-state index contributed by atoms with van der Waals surface area (Å²) in [5.74, 6) is 5.14. The fourth-order valence-electron chi connectivity index (χ4n) is 2.01. The summed E-state index contributed by atoms with van der Waals surface area (Å²) in [6.45, 7) is 5.35. The van der Waals surface area contributed by atoms with Gasteiger partial charge in [0.1, 0.15) is 6.61 Å². The summed E-state index contributed by atoms with van der Waals surface area (Å²) in [5.41, 5.74) is 4.29. The number of carbonyl (C=O) groups excluding carboxylic acids is 1. The molecular weight excluding hydrogens is 266 g/mol. The van der Waals surface area contributed by atoms with Crippen LogP contribution in [0.2, 0.25) is 0 Å². The first-order valence-corrected chi connectivity index (χ1v) is 6.56. The summed E-state index contributed by atoms with van der Waals surface area (Å²) in [5, 5.41) is 18.5. The third-order valence-electron chi connectivity index (χ3n) is 3.09. The third kappa shape index (κ3) is 3.30. The van der Waals surface area contributed by atoms with Crippen LogP contribution in [-0.2, 0) is 0 Å². The highest BCUT2D eigenvalue weighted by atomic mass is 16.2. The molecule has 0 saturated carbocycles. The topological polar surface area (TPSA) is 78.0 Å². The number of aromatic nitrogens is 2. The number of H-pyrrole nitrogens is 1. The molecule has 5 nitrogen and oxygen atoms in total. The van der Waals surface area contributed by atoms with E-state index in [4.69, 9.17) is 5.11 Å². The van der Waals surface area contributed by atoms with E-state index in [0.29, 0.717) is 16.8 Å². The van der Waals surface area contributed by atoms with Crippen LogP contribution in [0.1, 0.15) is 32.9 Å². The molecule has 1 amide bonds. The smallest absolute Gasteiger partial charge is 0.257 e. The van der Waals surface area contributed by atoms with Crippen LogP contribution in [0.5, 0.6) is 0 Å². The molecular formula is C16H17N3O2. The third-order valence-corrected chi connectivity index (χ3v) is 3.09. The van der Waals surface area contributed by atoms with Gasteiger partial charge >= 0.3 is 0 Å². The summed E-state index contributed by atoms with van der Waals surface area (Å²) in [7, 11) is 0. The van der Waals surface area contributed by atoms with E-state index in [9.17, 15) is 4.79 Å². The van der Waals surface area contributed by atoms with Gasteiger partial charge < -0.3 is 10.4 Å². The normalized spacial score (nSPS) is 9.90. The lowest BCUT2D eigenvalue weighted by Crippen LogP contribution is -2.14. The van der Waals surface area contributed by atoms with Gasteiger partial charge in [-0.15, -0.1) is 0 Å². The molecule has 2 rings (SSSR count). The van der Waals surface area contributed by atoms with Gasteiger partial charge in [0.15, 0.2) is 0 Å². The number of anilines is 1. The average Bonchev–Trinajstić information content (AvgIpc) is 2.77.